The summed E-state index contributed by atoms with van der Waals surface area (Å²) < 4.78 is 10.9. The predicted molar refractivity (Wildman–Crippen MR) is 110 cm³/mol. The maximum atomic E-state index is 12.5. The summed E-state index contributed by atoms with van der Waals surface area (Å²) in [6.45, 7) is 10.1. The maximum absolute atomic E-state index is 12.5. The lowest BCUT2D eigenvalue weighted by molar-refractivity contribution is -0.123. The van der Waals surface area contributed by atoms with Crippen molar-refractivity contribution in [2.75, 3.05) is 5.32 Å². The molecule has 0 fully saturated rings. The Balaban J connectivity index is 1.95. The van der Waals surface area contributed by atoms with Crippen LogP contribution in [-0.2, 0) is 20.9 Å². The molecule has 5 heteroatoms. The third kappa shape index (κ3) is 6.20. The van der Waals surface area contributed by atoms with Gasteiger partial charge < -0.3 is 14.8 Å². The standard InChI is InChI=1S/C23H29NO4/c1-15(2)20-8-6-7-9-21(20)24-22(25)17(5)28-23(26)19-12-10-18(11-13-19)14-27-16(3)4/h6-13,15-17H,14H2,1-5H3,(H,24,25)/t17-/m1/s1. The van der Waals surface area contributed by atoms with Crippen LogP contribution >= 0.6 is 0 Å². The lowest BCUT2D eigenvalue weighted by atomic mass is 10.0. The molecule has 0 saturated heterocycles. The molecule has 2 rings (SSSR count). The highest BCUT2D eigenvalue weighted by atomic mass is 16.5. The van der Waals surface area contributed by atoms with Crippen LogP contribution in [0.5, 0.6) is 0 Å². The molecule has 0 aliphatic carbocycles. The molecule has 1 N–H and O–H groups in total. The van der Waals surface area contributed by atoms with E-state index in [0.717, 1.165) is 16.8 Å². The van der Waals surface area contributed by atoms with Crippen LogP contribution in [0.15, 0.2) is 48.5 Å². The minimum absolute atomic E-state index is 0.143. The van der Waals surface area contributed by atoms with Gasteiger partial charge in [-0.1, -0.05) is 44.2 Å². The Morgan fingerprint density at radius 3 is 2.18 bits per heavy atom. The zero-order valence-corrected chi connectivity index (χ0v) is 17.2. The van der Waals surface area contributed by atoms with E-state index >= 15 is 0 Å². The number of esters is 1. The number of amides is 1. The molecule has 28 heavy (non-hydrogen) atoms. The molecule has 0 aliphatic heterocycles. The number of nitrogens with one attached hydrogen (secondary N) is 1. The van der Waals surface area contributed by atoms with Crippen molar-refractivity contribution in [1.82, 2.24) is 0 Å². The van der Waals surface area contributed by atoms with Crippen LogP contribution in [0.3, 0.4) is 0 Å². The number of ether oxygens (including phenoxy) is 2. The van der Waals surface area contributed by atoms with Crippen molar-refractivity contribution in [2.24, 2.45) is 0 Å². The number of anilines is 1. The Morgan fingerprint density at radius 1 is 0.929 bits per heavy atom. The largest absolute Gasteiger partial charge is 0.449 e. The summed E-state index contributed by atoms with van der Waals surface area (Å²) in [4.78, 5) is 24.8. The molecule has 5 nitrogen and oxygen atoms in total. The second-order valence-corrected chi connectivity index (χ2v) is 7.34. The van der Waals surface area contributed by atoms with Gasteiger partial charge in [0.15, 0.2) is 6.10 Å². The fraction of sp³-hybridized carbons (Fsp3) is 0.391. The monoisotopic (exact) mass is 383 g/mol. The van der Waals surface area contributed by atoms with Crippen molar-refractivity contribution in [1.29, 1.82) is 0 Å². The Labute approximate surface area is 167 Å². The fourth-order valence-corrected chi connectivity index (χ4v) is 2.63. The smallest absolute Gasteiger partial charge is 0.338 e. The summed E-state index contributed by atoms with van der Waals surface area (Å²) in [7, 11) is 0. The van der Waals surface area contributed by atoms with Crippen molar-refractivity contribution in [2.45, 2.75) is 59.4 Å². The summed E-state index contributed by atoms with van der Waals surface area (Å²) in [6.07, 6.45) is -0.763. The topological polar surface area (TPSA) is 64.6 Å². The maximum Gasteiger partial charge on any atom is 0.338 e. The molecular formula is C23H29NO4. The second kappa shape index (κ2) is 10.0. The molecule has 0 radical (unpaired) electrons. The average Bonchev–Trinajstić information content (AvgIpc) is 2.66. The number of benzene rings is 2. The van der Waals surface area contributed by atoms with Crippen molar-refractivity contribution in [3.8, 4) is 0 Å². The van der Waals surface area contributed by atoms with Crippen LogP contribution in [0.2, 0.25) is 0 Å². The lowest BCUT2D eigenvalue weighted by Crippen LogP contribution is -2.30. The van der Waals surface area contributed by atoms with Gasteiger partial charge in [-0.05, 0) is 56.0 Å². The normalized spacial score (nSPS) is 12.1. The van der Waals surface area contributed by atoms with E-state index in [0.29, 0.717) is 12.2 Å². The molecule has 1 amide bonds. The highest BCUT2D eigenvalue weighted by Gasteiger charge is 2.20. The van der Waals surface area contributed by atoms with Gasteiger partial charge in [0.2, 0.25) is 0 Å². The van der Waals surface area contributed by atoms with E-state index in [1.807, 2.05) is 50.2 Å². The van der Waals surface area contributed by atoms with E-state index in [1.165, 1.54) is 0 Å². The SMILES string of the molecule is CC(C)OCc1ccc(C(=O)O[C@H](C)C(=O)Nc2ccccc2C(C)C)cc1. The van der Waals surface area contributed by atoms with Crippen molar-refractivity contribution in [3.63, 3.8) is 0 Å². The first-order valence-electron chi connectivity index (χ1n) is 9.59. The van der Waals surface area contributed by atoms with Crippen molar-refractivity contribution >= 4 is 17.6 Å². The third-order valence-electron chi connectivity index (χ3n) is 4.27. The second-order valence-electron chi connectivity index (χ2n) is 7.34. The number of rotatable bonds is 8. The molecule has 2 aromatic carbocycles. The molecule has 0 aromatic heterocycles. The molecule has 0 saturated carbocycles. The van der Waals surface area contributed by atoms with Crippen LogP contribution < -0.4 is 5.32 Å². The van der Waals surface area contributed by atoms with Gasteiger partial charge in [0.25, 0.3) is 5.91 Å². The number of para-hydroxylation sites is 1. The van der Waals surface area contributed by atoms with Gasteiger partial charge in [-0.25, -0.2) is 4.79 Å². The van der Waals surface area contributed by atoms with E-state index in [4.69, 9.17) is 9.47 Å². The first-order valence-corrected chi connectivity index (χ1v) is 9.59. The van der Waals surface area contributed by atoms with Gasteiger partial charge in [-0.15, -0.1) is 0 Å². The van der Waals surface area contributed by atoms with Crippen LogP contribution in [0, 0.1) is 0 Å². The van der Waals surface area contributed by atoms with E-state index in [9.17, 15) is 9.59 Å². The number of carbonyl (C=O) groups excluding carboxylic acids is 2. The van der Waals surface area contributed by atoms with Gasteiger partial charge in [0.05, 0.1) is 18.3 Å². The molecule has 1 atom stereocenters. The number of hydrogen-bond acceptors (Lipinski definition) is 4. The molecule has 150 valence electrons. The summed E-state index contributed by atoms with van der Waals surface area (Å²) in [6, 6.07) is 14.6. The minimum Gasteiger partial charge on any atom is -0.449 e. The molecule has 0 spiro atoms. The fourth-order valence-electron chi connectivity index (χ4n) is 2.63. The number of hydrogen-bond donors (Lipinski definition) is 1. The molecule has 0 heterocycles. The van der Waals surface area contributed by atoms with Crippen LogP contribution in [0.25, 0.3) is 0 Å². The first-order chi connectivity index (χ1) is 13.3. The quantitative estimate of drug-likeness (QED) is 0.657. The van der Waals surface area contributed by atoms with E-state index in [1.54, 1.807) is 19.1 Å². The molecule has 0 aliphatic rings. The number of carbonyl (C=O) groups is 2. The Hall–Kier alpha value is -2.66. The van der Waals surface area contributed by atoms with Gasteiger partial charge in [-0.2, -0.15) is 0 Å². The Morgan fingerprint density at radius 2 is 1.57 bits per heavy atom. The predicted octanol–water partition coefficient (Wildman–Crippen LogP) is 4.92. The van der Waals surface area contributed by atoms with E-state index in [-0.39, 0.29) is 17.9 Å². The van der Waals surface area contributed by atoms with Crippen LogP contribution in [0.1, 0.15) is 62.0 Å². The third-order valence-corrected chi connectivity index (χ3v) is 4.27. The van der Waals surface area contributed by atoms with E-state index in [2.05, 4.69) is 19.2 Å². The Bertz CT molecular complexity index is 797. The summed E-state index contributed by atoms with van der Waals surface area (Å²) >= 11 is 0. The summed E-state index contributed by atoms with van der Waals surface area (Å²) in [5.74, 6) is -0.618. The molecule has 0 unspecified atom stereocenters. The molecular weight excluding hydrogens is 354 g/mol. The minimum atomic E-state index is -0.906. The van der Waals surface area contributed by atoms with Crippen LogP contribution in [-0.4, -0.2) is 24.1 Å². The average molecular weight is 383 g/mol. The molecule has 2 aromatic rings. The van der Waals surface area contributed by atoms with Crippen molar-refractivity contribution in [3.05, 3.63) is 65.2 Å². The summed E-state index contributed by atoms with van der Waals surface area (Å²) in [5, 5.41) is 2.85. The van der Waals surface area contributed by atoms with Gasteiger partial charge in [-0.3, -0.25) is 4.79 Å². The molecule has 0 bridgehead atoms. The first kappa shape index (κ1) is 21.6. The van der Waals surface area contributed by atoms with Gasteiger partial charge in [0, 0.05) is 5.69 Å². The lowest BCUT2D eigenvalue weighted by Gasteiger charge is -2.17. The van der Waals surface area contributed by atoms with Gasteiger partial charge >= 0.3 is 5.97 Å². The zero-order chi connectivity index (χ0) is 20.7. The highest BCUT2D eigenvalue weighted by Crippen LogP contribution is 2.24. The Kier molecular flexibility index (Phi) is 7.76. The van der Waals surface area contributed by atoms with E-state index < -0.39 is 12.1 Å². The van der Waals surface area contributed by atoms with Crippen LogP contribution in [0.4, 0.5) is 5.69 Å². The van der Waals surface area contributed by atoms with Gasteiger partial charge in [0.1, 0.15) is 0 Å². The summed E-state index contributed by atoms with van der Waals surface area (Å²) in [5.41, 5.74) is 3.14. The highest BCUT2D eigenvalue weighted by molar-refractivity contribution is 5.97. The van der Waals surface area contributed by atoms with Crippen molar-refractivity contribution < 1.29 is 19.1 Å². The zero-order valence-electron chi connectivity index (χ0n) is 17.2.